The van der Waals surface area contributed by atoms with Crippen molar-refractivity contribution in [3.05, 3.63) is 53.2 Å². The van der Waals surface area contributed by atoms with Gasteiger partial charge in [0.15, 0.2) is 0 Å². The summed E-state index contributed by atoms with van der Waals surface area (Å²) in [5, 5.41) is 8.35. The SMILES string of the molecule is O=C(Cn1nnc2ccccc2c1=O)N1CCN(c2cnccn2)CC1. The molecule has 0 aliphatic carbocycles. The van der Waals surface area contributed by atoms with Gasteiger partial charge in [0.25, 0.3) is 5.56 Å². The van der Waals surface area contributed by atoms with E-state index in [9.17, 15) is 9.59 Å². The van der Waals surface area contributed by atoms with Gasteiger partial charge in [-0.25, -0.2) is 9.67 Å². The average Bonchev–Trinajstić information content (AvgIpc) is 2.71. The molecular formula is C17H17N7O2. The predicted octanol–water partition coefficient (Wildman–Crippen LogP) is -0.0697. The molecule has 4 rings (SSSR count). The van der Waals surface area contributed by atoms with Crippen molar-refractivity contribution in [2.45, 2.75) is 6.54 Å². The number of benzene rings is 1. The highest BCUT2D eigenvalue weighted by atomic mass is 16.2. The first kappa shape index (κ1) is 16.1. The van der Waals surface area contributed by atoms with Gasteiger partial charge in [0.2, 0.25) is 5.91 Å². The highest BCUT2D eigenvalue weighted by Crippen LogP contribution is 2.11. The molecule has 9 heteroatoms. The van der Waals surface area contributed by atoms with Crippen LogP contribution in [0.3, 0.4) is 0 Å². The van der Waals surface area contributed by atoms with Crippen molar-refractivity contribution in [3.63, 3.8) is 0 Å². The molecule has 9 nitrogen and oxygen atoms in total. The fourth-order valence-corrected chi connectivity index (χ4v) is 2.99. The second kappa shape index (κ2) is 6.87. The summed E-state index contributed by atoms with van der Waals surface area (Å²) in [6.45, 7) is 2.35. The van der Waals surface area contributed by atoms with Crippen molar-refractivity contribution in [2.75, 3.05) is 31.1 Å². The number of rotatable bonds is 3. The highest BCUT2D eigenvalue weighted by Gasteiger charge is 2.23. The first-order valence-corrected chi connectivity index (χ1v) is 8.33. The summed E-state index contributed by atoms with van der Waals surface area (Å²) >= 11 is 0. The fraction of sp³-hybridized carbons (Fsp3) is 0.294. The maximum absolute atomic E-state index is 12.6. The molecule has 0 unspecified atom stereocenters. The molecule has 0 radical (unpaired) electrons. The molecule has 3 aromatic rings. The molecule has 0 spiro atoms. The molecule has 1 saturated heterocycles. The third kappa shape index (κ3) is 3.10. The minimum absolute atomic E-state index is 0.109. The lowest BCUT2D eigenvalue weighted by atomic mass is 10.2. The van der Waals surface area contributed by atoms with E-state index in [-0.39, 0.29) is 18.0 Å². The van der Waals surface area contributed by atoms with Crippen molar-refractivity contribution >= 4 is 22.6 Å². The molecule has 1 aromatic carbocycles. The Labute approximate surface area is 148 Å². The van der Waals surface area contributed by atoms with Gasteiger partial charge in [-0.2, -0.15) is 0 Å². The van der Waals surface area contributed by atoms with E-state index >= 15 is 0 Å². The number of hydrogen-bond acceptors (Lipinski definition) is 7. The molecule has 1 aliphatic rings. The lowest BCUT2D eigenvalue weighted by Crippen LogP contribution is -2.50. The fourth-order valence-electron chi connectivity index (χ4n) is 2.99. The zero-order chi connectivity index (χ0) is 17.9. The van der Waals surface area contributed by atoms with E-state index in [4.69, 9.17) is 0 Å². The second-order valence-electron chi connectivity index (χ2n) is 6.00. The third-order valence-corrected chi connectivity index (χ3v) is 4.42. The van der Waals surface area contributed by atoms with Crippen LogP contribution < -0.4 is 10.5 Å². The molecule has 1 aliphatic heterocycles. The van der Waals surface area contributed by atoms with Crippen LogP contribution in [0.15, 0.2) is 47.7 Å². The van der Waals surface area contributed by atoms with E-state index < -0.39 is 0 Å². The summed E-state index contributed by atoms with van der Waals surface area (Å²) in [7, 11) is 0. The molecule has 26 heavy (non-hydrogen) atoms. The third-order valence-electron chi connectivity index (χ3n) is 4.42. The van der Waals surface area contributed by atoms with Crippen LogP contribution in [-0.4, -0.2) is 61.9 Å². The first-order valence-electron chi connectivity index (χ1n) is 8.33. The predicted molar refractivity (Wildman–Crippen MR) is 94.6 cm³/mol. The normalized spacial score (nSPS) is 14.6. The second-order valence-corrected chi connectivity index (χ2v) is 6.00. The molecule has 0 saturated carbocycles. The van der Waals surface area contributed by atoms with Crippen LogP contribution >= 0.6 is 0 Å². The molecular weight excluding hydrogens is 334 g/mol. The van der Waals surface area contributed by atoms with Crippen LogP contribution in [0, 0.1) is 0 Å². The van der Waals surface area contributed by atoms with Gasteiger partial charge in [-0.15, -0.1) is 5.10 Å². The first-order chi connectivity index (χ1) is 12.7. The van der Waals surface area contributed by atoms with Crippen molar-refractivity contribution in [1.29, 1.82) is 0 Å². The monoisotopic (exact) mass is 351 g/mol. The maximum Gasteiger partial charge on any atom is 0.278 e. The van der Waals surface area contributed by atoms with Crippen LogP contribution in [0.2, 0.25) is 0 Å². The Morgan fingerprint density at radius 1 is 1.08 bits per heavy atom. The topological polar surface area (TPSA) is 97.1 Å². The van der Waals surface area contributed by atoms with E-state index in [0.29, 0.717) is 37.1 Å². The van der Waals surface area contributed by atoms with Crippen LogP contribution in [-0.2, 0) is 11.3 Å². The largest absolute Gasteiger partial charge is 0.352 e. The Kier molecular flexibility index (Phi) is 4.26. The molecule has 1 fully saturated rings. The minimum Gasteiger partial charge on any atom is -0.352 e. The Bertz CT molecular complexity index is 981. The van der Waals surface area contributed by atoms with Crippen LogP contribution in [0.4, 0.5) is 5.82 Å². The Morgan fingerprint density at radius 2 is 1.88 bits per heavy atom. The number of amides is 1. The van der Waals surface area contributed by atoms with E-state index in [1.807, 2.05) is 0 Å². The van der Waals surface area contributed by atoms with E-state index in [0.717, 1.165) is 10.5 Å². The summed E-state index contributed by atoms with van der Waals surface area (Å²) in [6, 6.07) is 6.97. The number of fused-ring (bicyclic) bond motifs is 1. The van der Waals surface area contributed by atoms with Crippen molar-refractivity contribution in [2.24, 2.45) is 0 Å². The smallest absolute Gasteiger partial charge is 0.278 e. The van der Waals surface area contributed by atoms with Crippen LogP contribution in [0.1, 0.15) is 0 Å². The Morgan fingerprint density at radius 3 is 2.65 bits per heavy atom. The number of nitrogens with zero attached hydrogens (tertiary/aromatic N) is 7. The Hall–Kier alpha value is -3.36. The van der Waals surface area contributed by atoms with Crippen molar-refractivity contribution in [3.8, 4) is 0 Å². The van der Waals surface area contributed by atoms with Gasteiger partial charge in [0.1, 0.15) is 17.9 Å². The quantitative estimate of drug-likeness (QED) is 0.651. The van der Waals surface area contributed by atoms with Gasteiger partial charge in [-0.3, -0.25) is 14.6 Å². The van der Waals surface area contributed by atoms with Crippen LogP contribution in [0.5, 0.6) is 0 Å². The number of aromatic nitrogens is 5. The van der Waals surface area contributed by atoms with Crippen molar-refractivity contribution < 1.29 is 4.79 Å². The summed E-state index contributed by atoms with van der Waals surface area (Å²) in [4.78, 5) is 37.2. The summed E-state index contributed by atoms with van der Waals surface area (Å²) in [5.74, 6) is 0.659. The molecule has 132 valence electrons. The van der Waals surface area contributed by atoms with Crippen LogP contribution in [0.25, 0.3) is 10.9 Å². The summed E-state index contributed by atoms with van der Waals surface area (Å²) in [6.07, 6.45) is 4.99. The standard InChI is InChI=1S/C17H17N7O2/c25-16(12-24-17(26)13-3-1-2-4-14(13)20-21-24)23-9-7-22(8-10-23)15-11-18-5-6-19-15/h1-6,11H,7-10,12H2. The molecule has 0 bridgehead atoms. The zero-order valence-electron chi connectivity index (χ0n) is 14.0. The average molecular weight is 351 g/mol. The summed E-state index contributed by atoms with van der Waals surface area (Å²) in [5.41, 5.74) is 0.223. The number of carbonyl (C=O) groups excluding carboxylic acids is 1. The minimum atomic E-state index is -0.304. The molecule has 0 N–H and O–H groups in total. The Balaban J connectivity index is 1.43. The van der Waals surface area contributed by atoms with Gasteiger partial charge in [0.05, 0.1) is 11.6 Å². The van der Waals surface area contributed by atoms with Gasteiger partial charge in [-0.1, -0.05) is 17.3 Å². The zero-order valence-corrected chi connectivity index (χ0v) is 14.0. The summed E-state index contributed by atoms with van der Waals surface area (Å²) < 4.78 is 1.12. The number of carbonyl (C=O) groups is 1. The van der Waals surface area contributed by atoms with E-state index in [1.54, 1.807) is 47.8 Å². The molecule has 0 atom stereocenters. The van der Waals surface area contributed by atoms with E-state index in [1.165, 1.54) is 0 Å². The highest BCUT2D eigenvalue weighted by molar-refractivity contribution is 5.78. The van der Waals surface area contributed by atoms with Gasteiger partial charge >= 0.3 is 0 Å². The number of anilines is 1. The molecule has 1 amide bonds. The van der Waals surface area contributed by atoms with Crippen molar-refractivity contribution in [1.82, 2.24) is 29.9 Å². The van der Waals surface area contributed by atoms with Gasteiger partial charge < -0.3 is 9.80 Å². The lowest BCUT2D eigenvalue weighted by Gasteiger charge is -2.35. The van der Waals surface area contributed by atoms with Gasteiger partial charge in [0, 0.05) is 38.6 Å². The lowest BCUT2D eigenvalue weighted by molar-refractivity contribution is -0.132. The molecule has 3 heterocycles. The van der Waals surface area contributed by atoms with Gasteiger partial charge in [-0.05, 0) is 12.1 Å². The number of piperazine rings is 1. The number of hydrogen-bond donors (Lipinski definition) is 0. The molecule has 2 aromatic heterocycles. The van der Waals surface area contributed by atoms with E-state index in [2.05, 4.69) is 25.2 Å². The maximum atomic E-state index is 12.6.